The van der Waals surface area contributed by atoms with E-state index in [4.69, 9.17) is 16.3 Å². The Balaban J connectivity index is 4.57. The topological polar surface area (TPSA) is 46.6 Å². The lowest BCUT2D eigenvalue weighted by Gasteiger charge is -2.29. The summed E-state index contributed by atoms with van der Waals surface area (Å²) < 4.78 is 5.17. The van der Waals surface area contributed by atoms with E-state index in [1.165, 1.54) is 4.90 Å². The third kappa shape index (κ3) is 4.84. The number of nitrogens with zero attached hydrogens (tertiary/aromatic N) is 1. The van der Waals surface area contributed by atoms with E-state index in [0.717, 1.165) is 0 Å². The molecule has 0 fully saturated rings. The van der Waals surface area contributed by atoms with Gasteiger partial charge in [-0.2, -0.15) is 0 Å². The smallest absolute Gasteiger partial charge is 0.410 e. The lowest BCUT2D eigenvalue weighted by molar-refractivity contribution is -0.121. The molecule has 0 heterocycles. The summed E-state index contributed by atoms with van der Waals surface area (Å²) in [6.07, 6.45) is 0.0270. The van der Waals surface area contributed by atoms with Gasteiger partial charge in [0.15, 0.2) is 5.78 Å². The number of hydrogen-bond acceptors (Lipinski definition) is 3. The zero-order valence-corrected chi connectivity index (χ0v) is 11.3. The fourth-order valence-corrected chi connectivity index (χ4v) is 1.45. The third-order valence-corrected chi connectivity index (χ3v) is 2.30. The Bertz CT molecular complexity index is 260. The average molecular weight is 250 g/mol. The van der Waals surface area contributed by atoms with Gasteiger partial charge in [0, 0.05) is 7.05 Å². The molecule has 0 aromatic rings. The number of carbonyl (C=O) groups excluding carboxylic acids is 2. The van der Waals surface area contributed by atoms with Crippen LogP contribution in [0.15, 0.2) is 0 Å². The number of amides is 1. The van der Waals surface area contributed by atoms with Gasteiger partial charge >= 0.3 is 6.09 Å². The molecule has 0 rings (SSSR count). The highest BCUT2D eigenvalue weighted by Gasteiger charge is 2.28. The lowest BCUT2D eigenvalue weighted by Crippen LogP contribution is -2.45. The van der Waals surface area contributed by atoms with Gasteiger partial charge in [0.05, 0.1) is 11.9 Å². The molecule has 4 nitrogen and oxygen atoms in total. The summed E-state index contributed by atoms with van der Waals surface area (Å²) in [5.74, 6) is -0.261. The Morgan fingerprint density at radius 3 is 2.19 bits per heavy atom. The number of likely N-dealkylation sites (N-methyl/N-ethyl adjacent to an activating group) is 1. The van der Waals surface area contributed by atoms with Gasteiger partial charge in [-0.3, -0.25) is 4.79 Å². The molecule has 1 amide bonds. The first kappa shape index (κ1) is 15.2. The largest absolute Gasteiger partial charge is 0.444 e. The van der Waals surface area contributed by atoms with Crippen molar-refractivity contribution in [3.63, 3.8) is 0 Å². The molecule has 94 valence electrons. The van der Waals surface area contributed by atoms with E-state index in [0.29, 0.717) is 6.42 Å². The summed E-state index contributed by atoms with van der Waals surface area (Å²) in [6.45, 7) is 7.17. The summed E-state index contributed by atoms with van der Waals surface area (Å²) in [4.78, 5) is 24.5. The van der Waals surface area contributed by atoms with Gasteiger partial charge in [-0.25, -0.2) is 4.79 Å². The molecular formula is C11H20ClNO3. The maximum atomic E-state index is 11.7. The molecular weight excluding hydrogens is 230 g/mol. The van der Waals surface area contributed by atoms with E-state index in [-0.39, 0.29) is 11.7 Å². The van der Waals surface area contributed by atoms with Gasteiger partial charge in [0.1, 0.15) is 5.60 Å². The minimum Gasteiger partial charge on any atom is -0.444 e. The minimum atomic E-state index is -0.562. The molecule has 0 aliphatic heterocycles. The lowest BCUT2D eigenvalue weighted by atomic mass is 10.1. The Kier molecular flexibility index (Phi) is 5.79. The number of ether oxygens (including phenoxy) is 1. The fraction of sp³-hybridized carbons (Fsp3) is 0.818. The number of carbonyl (C=O) groups is 2. The van der Waals surface area contributed by atoms with Gasteiger partial charge in [-0.1, -0.05) is 6.92 Å². The highest BCUT2D eigenvalue weighted by molar-refractivity contribution is 6.28. The first-order valence-electron chi connectivity index (χ1n) is 5.27. The van der Waals surface area contributed by atoms with Crippen LogP contribution in [0.25, 0.3) is 0 Å². The van der Waals surface area contributed by atoms with Gasteiger partial charge in [-0.15, -0.1) is 11.6 Å². The standard InChI is InChI=1S/C11H20ClNO3/c1-6-8(9(14)7-12)13(5)10(15)16-11(2,3)4/h8H,6-7H2,1-5H3. The van der Waals surface area contributed by atoms with E-state index in [2.05, 4.69) is 0 Å². The molecule has 0 N–H and O–H groups in total. The van der Waals surface area contributed by atoms with Crippen LogP contribution in [0, 0.1) is 0 Å². The predicted molar refractivity (Wildman–Crippen MR) is 63.8 cm³/mol. The summed E-state index contributed by atoms with van der Waals surface area (Å²) in [5.41, 5.74) is -0.562. The number of halogens is 1. The second-order valence-corrected chi connectivity index (χ2v) is 4.88. The molecule has 5 heteroatoms. The monoisotopic (exact) mass is 249 g/mol. The first-order chi connectivity index (χ1) is 7.22. The molecule has 0 radical (unpaired) electrons. The maximum Gasteiger partial charge on any atom is 0.410 e. The van der Waals surface area contributed by atoms with Crippen LogP contribution in [0.4, 0.5) is 4.79 Å². The molecule has 0 spiro atoms. The van der Waals surface area contributed by atoms with Crippen molar-refractivity contribution in [1.82, 2.24) is 4.90 Å². The van der Waals surface area contributed by atoms with E-state index < -0.39 is 17.7 Å². The molecule has 0 bridgehead atoms. The Morgan fingerprint density at radius 2 is 1.88 bits per heavy atom. The fourth-order valence-electron chi connectivity index (χ4n) is 1.27. The van der Waals surface area contributed by atoms with Crippen LogP contribution in [-0.4, -0.2) is 41.3 Å². The van der Waals surface area contributed by atoms with Crippen molar-refractivity contribution in [1.29, 1.82) is 0 Å². The van der Waals surface area contributed by atoms with Gasteiger partial charge in [0.2, 0.25) is 0 Å². The Hall–Kier alpha value is -0.770. The van der Waals surface area contributed by atoms with Crippen molar-refractivity contribution in [2.45, 2.75) is 45.8 Å². The van der Waals surface area contributed by atoms with Crippen molar-refractivity contribution < 1.29 is 14.3 Å². The molecule has 0 aromatic heterocycles. The highest BCUT2D eigenvalue weighted by atomic mass is 35.5. The van der Waals surface area contributed by atoms with Gasteiger partial charge in [0.25, 0.3) is 0 Å². The van der Waals surface area contributed by atoms with Crippen LogP contribution >= 0.6 is 11.6 Å². The zero-order chi connectivity index (χ0) is 12.9. The van der Waals surface area contributed by atoms with Crippen LogP contribution in [0.2, 0.25) is 0 Å². The summed E-state index contributed by atoms with van der Waals surface area (Å²) in [6, 6.07) is -0.507. The quantitative estimate of drug-likeness (QED) is 0.719. The van der Waals surface area contributed by atoms with Gasteiger partial charge in [-0.05, 0) is 27.2 Å². The van der Waals surface area contributed by atoms with E-state index in [1.54, 1.807) is 27.8 Å². The predicted octanol–water partition coefficient (Wildman–Crippen LogP) is 2.44. The molecule has 0 aromatic carbocycles. The second-order valence-electron chi connectivity index (χ2n) is 4.62. The minimum absolute atomic E-state index is 0.0916. The van der Waals surface area contributed by atoms with Crippen LogP contribution < -0.4 is 0 Å². The van der Waals surface area contributed by atoms with Crippen molar-refractivity contribution in [3.05, 3.63) is 0 Å². The van der Waals surface area contributed by atoms with Crippen LogP contribution in [0.5, 0.6) is 0 Å². The van der Waals surface area contributed by atoms with Crippen molar-refractivity contribution in [2.24, 2.45) is 0 Å². The number of rotatable bonds is 4. The second kappa shape index (κ2) is 6.09. The summed E-state index contributed by atoms with van der Waals surface area (Å²) >= 11 is 5.48. The van der Waals surface area contributed by atoms with Gasteiger partial charge < -0.3 is 9.64 Å². The van der Waals surface area contributed by atoms with E-state index in [1.807, 2.05) is 6.92 Å². The zero-order valence-electron chi connectivity index (χ0n) is 10.5. The summed E-state index contributed by atoms with van der Waals surface area (Å²) in [5, 5.41) is 0. The molecule has 16 heavy (non-hydrogen) atoms. The highest BCUT2D eigenvalue weighted by Crippen LogP contribution is 2.12. The normalized spacial score (nSPS) is 13.1. The van der Waals surface area contributed by atoms with Crippen molar-refractivity contribution in [3.8, 4) is 0 Å². The molecule has 1 unspecified atom stereocenters. The Labute approximate surface area is 102 Å². The molecule has 0 aliphatic rings. The van der Waals surface area contributed by atoms with Crippen LogP contribution in [0.1, 0.15) is 34.1 Å². The average Bonchev–Trinajstić information content (AvgIpc) is 2.15. The molecule has 0 saturated carbocycles. The molecule has 1 atom stereocenters. The number of hydrogen-bond donors (Lipinski definition) is 0. The third-order valence-electron chi connectivity index (χ3n) is 2.04. The number of ketones is 1. The summed E-state index contributed by atoms with van der Waals surface area (Å²) in [7, 11) is 1.55. The van der Waals surface area contributed by atoms with Crippen LogP contribution in [-0.2, 0) is 9.53 Å². The Morgan fingerprint density at radius 1 is 1.38 bits per heavy atom. The molecule has 0 saturated heterocycles. The van der Waals surface area contributed by atoms with E-state index >= 15 is 0 Å². The van der Waals surface area contributed by atoms with E-state index in [9.17, 15) is 9.59 Å². The van der Waals surface area contributed by atoms with Crippen molar-refractivity contribution >= 4 is 23.5 Å². The number of alkyl halides is 1. The maximum absolute atomic E-state index is 11.7. The molecule has 0 aliphatic carbocycles. The van der Waals surface area contributed by atoms with Crippen LogP contribution in [0.3, 0.4) is 0 Å². The number of Topliss-reactive ketones (excluding diaryl/α,β-unsaturated/α-hetero) is 1. The SMILES string of the molecule is CCC(C(=O)CCl)N(C)C(=O)OC(C)(C)C. The first-order valence-corrected chi connectivity index (χ1v) is 5.80. The van der Waals surface area contributed by atoms with Crippen molar-refractivity contribution in [2.75, 3.05) is 12.9 Å².